The van der Waals surface area contributed by atoms with Gasteiger partial charge in [-0.3, -0.25) is 0 Å². The fourth-order valence-corrected chi connectivity index (χ4v) is 3.94. The second-order valence-electron chi connectivity index (χ2n) is 3.64. The largest absolute Gasteiger partial charge is 0.309 e. The van der Waals surface area contributed by atoms with Gasteiger partial charge in [0.25, 0.3) is 0 Å². The maximum Gasteiger partial charge on any atom is 0.0995 e. The first-order valence-corrected chi connectivity index (χ1v) is 7.43. The van der Waals surface area contributed by atoms with Gasteiger partial charge in [-0.05, 0) is 25.2 Å². The normalized spacial score (nSPS) is 12.7. The Labute approximate surface area is 130 Å². The molecule has 96 valence electrons. The van der Waals surface area contributed by atoms with Crippen LogP contribution in [0.5, 0.6) is 0 Å². The highest BCUT2D eigenvalue weighted by Crippen LogP contribution is 2.41. The van der Waals surface area contributed by atoms with Crippen molar-refractivity contribution in [2.24, 2.45) is 0 Å². The molecule has 1 N–H and O–H groups in total. The molecule has 18 heavy (non-hydrogen) atoms. The van der Waals surface area contributed by atoms with Gasteiger partial charge < -0.3 is 5.32 Å². The second-order valence-corrected chi connectivity index (χ2v) is 6.74. The monoisotopic (exact) mass is 339 g/mol. The number of nitrogens with one attached hydrogen (secondary N) is 1. The lowest BCUT2D eigenvalue weighted by atomic mass is 10.0. The maximum absolute atomic E-state index is 6.21. The lowest BCUT2D eigenvalue weighted by Gasteiger charge is -2.19. The smallest absolute Gasteiger partial charge is 0.0995 e. The van der Waals surface area contributed by atoms with Crippen LogP contribution in [0.2, 0.25) is 18.7 Å². The van der Waals surface area contributed by atoms with E-state index in [9.17, 15) is 0 Å². The number of hydrogen-bond acceptors (Lipinski definition) is 2. The van der Waals surface area contributed by atoms with Crippen molar-refractivity contribution < 1.29 is 0 Å². The maximum atomic E-state index is 6.21. The zero-order valence-electron chi connectivity index (χ0n) is 9.31. The Hall–Kier alpha value is 0.0400. The molecule has 0 spiro atoms. The topological polar surface area (TPSA) is 12.0 Å². The quantitative estimate of drug-likeness (QED) is 0.758. The molecule has 6 heteroatoms. The Morgan fingerprint density at radius 2 is 1.72 bits per heavy atom. The summed E-state index contributed by atoms with van der Waals surface area (Å²) in [5, 5.41) is 4.36. The van der Waals surface area contributed by atoms with Gasteiger partial charge in [0.1, 0.15) is 0 Å². The number of thiophene rings is 1. The molecule has 0 aliphatic carbocycles. The molecule has 0 aliphatic heterocycles. The zero-order valence-corrected chi connectivity index (χ0v) is 13.1. The minimum absolute atomic E-state index is 0.178. The van der Waals surface area contributed by atoms with Crippen LogP contribution in [0.25, 0.3) is 0 Å². The van der Waals surface area contributed by atoms with E-state index in [4.69, 9.17) is 46.4 Å². The number of halogens is 4. The Morgan fingerprint density at radius 1 is 1.11 bits per heavy atom. The van der Waals surface area contributed by atoms with Gasteiger partial charge in [-0.15, -0.1) is 11.3 Å². The van der Waals surface area contributed by atoms with Crippen LogP contribution < -0.4 is 5.32 Å². The summed E-state index contributed by atoms with van der Waals surface area (Å²) in [6.45, 7) is 0. The molecule has 1 atom stereocenters. The highest BCUT2D eigenvalue weighted by atomic mass is 35.5. The third-order valence-corrected chi connectivity index (χ3v) is 4.75. The lowest BCUT2D eigenvalue weighted by Crippen LogP contribution is -2.18. The van der Waals surface area contributed by atoms with Gasteiger partial charge in [-0.2, -0.15) is 0 Å². The first-order valence-electron chi connectivity index (χ1n) is 5.10. The predicted octanol–water partition coefficient (Wildman–Crippen LogP) is 5.67. The molecular formula is C12H9Cl4NS. The first kappa shape index (κ1) is 14.4. The van der Waals surface area contributed by atoms with E-state index in [1.54, 1.807) is 12.1 Å². The summed E-state index contributed by atoms with van der Waals surface area (Å²) in [5.41, 5.74) is 1.68. The number of hydrogen-bond donors (Lipinski definition) is 1. The van der Waals surface area contributed by atoms with Crippen LogP contribution >= 0.6 is 57.7 Å². The van der Waals surface area contributed by atoms with E-state index in [0.29, 0.717) is 18.7 Å². The molecule has 0 saturated carbocycles. The van der Waals surface area contributed by atoms with Crippen molar-refractivity contribution in [3.63, 3.8) is 0 Å². The van der Waals surface area contributed by atoms with Crippen molar-refractivity contribution in [3.05, 3.63) is 54.1 Å². The van der Waals surface area contributed by atoms with Crippen LogP contribution in [-0.2, 0) is 0 Å². The minimum Gasteiger partial charge on any atom is -0.309 e. The van der Waals surface area contributed by atoms with Crippen LogP contribution in [0.15, 0.2) is 24.3 Å². The van der Waals surface area contributed by atoms with Crippen molar-refractivity contribution in [2.75, 3.05) is 7.05 Å². The number of rotatable bonds is 3. The van der Waals surface area contributed by atoms with E-state index in [0.717, 1.165) is 11.1 Å². The van der Waals surface area contributed by atoms with Gasteiger partial charge in [0.15, 0.2) is 0 Å². The Bertz CT molecular complexity index is 547. The molecule has 0 fully saturated rings. The first-order chi connectivity index (χ1) is 8.54. The fourth-order valence-electron chi connectivity index (χ4n) is 1.79. The Kier molecular flexibility index (Phi) is 4.81. The lowest BCUT2D eigenvalue weighted by molar-refractivity contribution is 0.695. The summed E-state index contributed by atoms with van der Waals surface area (Å²) >= 11 is 25.9. The molecule has 1 aromatic carbocycles. The van der Waals surface area contributed by atoms with Gasteiger partial charge in [0, 0.05) is 21.2 Å². The molecule has 0 aliphatic rings. The summed E-state index contributed by atoms with van der Waals surface area (Å²) in [7, 11) is 1.83. The third-order valence-electron chi connectivity index (χ3n) is 2.57. The van der Waals surface area contributed by atoms with E-state index in [-0.39, 0.29) is 6.04 Å². The molecule has 1 nitrogen and oxygen atoms in total. The van der Waals surface area contributed by atoms with Crippen LogP contribution in [0.4, 0.5) is 0 Å². The van der Waals surface area contributed by atoms with Crippen LogP contribution in [0.3, 0.4) is 0 Å². The molecule has 1 heterocycles. The third kappa shape index (κ3) is 2.79. The molecule has 0 saturated heterocycles. The Morgan fingerprint density at radius 3 is 2.17 bits per heavy atom. The molecular weight excluding hydrogens is 332 g/mol. The van der Waals surface area contributed by atoms with Crippen molar-refractivity contribution in [2.45, 2.75) is 6.04 Å². The van der Waals surface area contributed by atoms with Crippen LogP contribution in [0, 0.1) is 0 Å². The molecule has 0 radical (unpaired) electrons. The average molecular weight is 341 g/mol. The van der Waals surface area contributed by atoms with Crippen molar-refractivity contribution in [3.8, 4) is 0 Å². The van der Waals surface area contributed by atoms with E-state index in [2.05, 4.69) is 5.32 Å². The Balaban J connectivity index is 2.55. The summed E-state index contributed by atoms with van der Waals surface area (Å²) in [6, 6.07) is 7.06. The summed E-state index contributed by atoms with van der Waals surface area (Å²) in [5.74, 6) is 0. The SMILES string of the molecule is CNC(c1cc(Cl)sc1Cl)c1c(Cl)cccc1Cl. The highest BCUT2D eigenvalue weighted by molar-refractivity contribution is 7.20. The summed E-state index contributed by atoms with van der Waals surface area (Å²) < 4.78 is 1.27. The molecule has 1 unspecified atom stereocenters. The van der Waals surface area contributed by atoms with Gasteiger partial charge >= 0.3 is 0 Å². The van der Waals surface area contributed by atoms with Crippen LogP contribution in [-0.4, -0.2) is 7.05 Å². The second kappa shape index (κ2) is 6.00. The zero-order chi connectivity index (χ0) is 13.3. The standard InChI is InChI=1S/C12H9Cl4NS/c1-17-11(6-5-9(15)18-12(6)16)10-7(13)3-2-4-8(10)14/h2-5,11,17H,1H3. The minimum atomic E-state index is -0.178. The van der Waals surface area contributed by atoms with Crippen molar-refractivity contribution in [1.29, 1.82) is 0 Å². The van der Waals surface area contributed by atoms with Gasteiger partial charge in [-0.1, -0.05) is 52.5 Å². The molecule has 1 aromatic heterocycles. The van der Waals surface area contributed by atoms with Gasteiger partial charge in [-0.25, -0.2) is 0 Å². The average Bonchev–Trinajstić information content (AvgIpc) is 2.63. The summed E-state index contributed by atoms with van der Waals surface area (Å²) in [4.78, 5) is 0. The fraction of sp³-hybridized carbons (Fsp3) is 0.167. The van der Waals surface area contributed by atoms with Gasteiger partial charge in [0.05, 0.1) is 14.7 Å². The molecule has 2 aromatic rings. The molecule has 0 amide bonds. The highest BCUT2D eigenvalue weighted by Gasteiger charge is 2.22. The van der Waals surface area contributed by atoms with Crippen molar-refractivity contribution in [1.82, 2.24) is 5.32 Å². The number of benzene rings is 1. The van der Waals surface area contributed by atoms with Crippen molar-refractivity contribution >= 4 is 57.7 Å². The molecule has 0 bridgehead atoms. The van der Waals surface area contributed by atoms with E-state index >= 15 is 0 Å². The predicted molar refractivity (Wildman–Crippen MR) is 81.7 cm³/mol. The van der Waals surface area contributed by atoms with Crippen LogP contribution in [0.1, 0.15) is 17.2 Å². The summed E-state index contributed by atoms with van der Waals surface area (Å²) in [6.07, 6.45) is 0. The molecule has 2 rings (SSSR count). The van der Waals surface area contributed by atoms with E-state index < -0.39 is 0 Å². The van der Waals surface area contributed by atoms with E-state index in [1.165, 1.54) is 11.3 Å². The van der Waals surface area contributed by atoms with Gasteiger partial charge in [0.2, 0.25) is 0 Å². The van der Waals surface area contributed by atoms with E-state index in [1.807, 2.05) is 19.2 Å².